The first-order valence-corrected chi connectivity index (χ1v) is 10.3. The Morgan fingerprint density at radius 1 is 1.19 bits per heavy atom. The fraction of sp³-hybridized carbons (Fsp3) is 0.333. The van der Waals surface area contributed by atoms with Crippen LogP contribution in [-0.2, 0) is 21.2 Å². The number of amides is 1. The van der Waals surface area contributed by atoms with Crippen molar-refractivity contribution in [2.45, 2.75) is 13.3 Å². The summed E-state index contributed by atoms with van der Waals surface area (Å²) in [5.74, 6) is -0.288. The van der Waals surface area contributed by atoms with Gasteiger partial charge in [0.2, 0.25) is 15.9 Å². The number of nitrogens with zero attached hydrogens (tertiary/aromatic N) is 3. The van der Waals surface area contributed by atoms with E-state index in [0.717, 1.165) is 16.1 Å². The molecule has 1 aromatic carbocycles. The predicted molar refractivity (Wildman–Crippen MR) is 104 cm³/mol. The van der Waals surface area contributed by atoms with Crippen LogP contribution in [0.2, 0.25) is 5.02 Å². The highest BCUT2D eigenvalue weighted by atomic mass is 35.5. The number of carbonyl (C=O) groups excluding carboxylic acids is 1. The number of carbonyl (C=O) groups is 1. The normalized spacial score (nSPS) is 11.2. The lowest BCUT2D eigenvalue weighted by Crippen LogP contribution is -2.42. The summed E-state index contributed by atoms with van der Waals surface area (Å²) in [6, 6.07) is 8.77. The molecule has 0 bridgehead atoms. The van der Waals surface area contributed by atoms with Crippen molar-refractivity contribution in [3.05, 3.63) is 58.9 Å². The van der Waals surface area contributed by atoms with Crippen molar-refractivity contribution in [3.63, 3.8) is 0 Å². The lowest BCUT2D eigenvalue weighted by Gasteiger charge is -2.26. The quantitative estimate of drug-likeness (QED) is 0.722. The zero-order valence-corrected chi connectivity index (χ0v) is 16.6. The van der Waals surface area contributed by atoms with E-state index in [1.54, 1.807) is 44.6 Å². The standard InChI is InChI=1S/C18H22ClN3O3S/c1-14-16(19)5-4-6-17(14)22(26(3,24)25)13-18(23)21(2)12-9-15-7-10-20-11-8-15/h4-8,10-11H,9,12-13H2,1-3H3. The second-order valence-corrected chi connectivity index (χ2v) is 8.39. The summed E-state index contributed by atoms with van der Waals surface area (Å²) in [6.07, 6.45) is 5.15. The van der Waals surface area contributed by atoms with Crippen molar-refractivity contribution in [1.82, 2.24) is 9.88 Å². The maximum Gasteiger partial charge on any atom is 0.243 e. The fourth-order valence-corrected chi connectivity index (χ4v) is 3.53. The highest BCUT2D eigenvalue weighted by molar-refractivity contribution is 7.92. The molecule has 1 aromatic heterocycles. The summed E-state index contributed by atoms with van der Waals surface area (Å²) in [4.78, 5) is 18.0. The van der Waals surface area contributed by atoms with E-state index in [1.165, 1.54) is 4.90 Å². The molecule has 140 valence electrons. The number of hydrogen-bond donors (Lipinski definition) is 0. The van der Waals surface area contributed by atoms with Crippen LogP contribution in [0.5, 0.6) is 0 Å². The average Bonchev–Trinajstić information content (AvgIpc) is 2.60. The van der Waals surface area contributed by atoms with Gasteiger partial charge in [0.1, 0.15) is 6.54 Å². The van der Waals surface area contributed by atoms with Crippen molar-refractivity contribution in [1.29, 1.82) is 0 Å². The van der Waals surface area contributed by atoms with E-state index in [-0.39, 0.29) is 12.5 Å². The molecule has 0 unspecified atom stereocenters. The smallest absolute Gasteiger partial charge is 0.243 e. The number of aromatic nitrogens is 1. The molecular formula is C18H22ClN3O3S. The largest absolute Gasteiger partial charge is 0.344 e. The van der Waals surface area contributed by atoms with Gasteiger partial charge >= 0.3 is 0 Å². The van der Waals surface area contributed by atoms with Gasteiger partial charge in [0, 0.05) is 31.0 Å². The third-order valence-corrected chi connectivity index (χ3v) is 5.63. The maximum atomic E-state index is 12.6. The number of halogens is 1. The highest BCUT2D eigenvalue weighted by Gasteiger charge is 2.24. The topological polar surface area (TPSA) is 70.6 Å². The number of hydrogen-bond acceptors (Lipinski definition) is 4. The van der Waals surface area contributed by atoms with Gasteiger partial charge in [-0.05, 0) is 48.7 Å². The summed E-state index contributed by atoms with van der Waals surface area (Å²) < 4.78 is 25.6. The molecule has 0 spiro atoms. The zero-order valence-electron chi connectivity index (χ0n) is 15.0. The SMILES string of the molecule is Cc1c(Cl)cccc1N(CC(=O)N(C)CCc1ccncc1)S(C)(=O)=O. The Balaban J connectivity index is 2.13. The minimum absolute atomic E-state index is 0.271. The van der Waals surface area contributed by atoms with Gasteiger partial charge < -0.3 is 4.90 Å². The van der Waals surface area contributed by atoms with Crippen LogP contribution in [0.4, 0.5) is 5.69 Å². The van der Waals surface area contributed by atoms with Gasteiger partial charge in [-0.3, -0.25) is 14.1 Å². The van der Waals surface area contributed by atoms with Gasteiger partial charge in [-0.2, -0.15) is 0 Å². The number of benzene rings is 1. The third kappa shape index (κ3) is 5.19. The molecule has 26 heavy (non-hydrogen) atoms. The molecule has 0 aliphatic heterocycles. The minimum Gasteiger partial charge on any atom is -0.344 e. The fourth-order valence-electron chi connectivity index (χ4n) is 2.46. The summed E-state index contributed by atoms with van der Waals surface area (Å²) >= 11 is 6.10. The first kappa shape index (κ1) is 20.2. The average molecular weight is 396 g/mol. The molecule has 8 heteroatoms. The number of pyridine rings is 1. The van der Waals surface area contributed by atoms with Crippen LogP contribution in [-0.4, -0.2) is 50.6 Å². The Morgan fingerprint density at radius 2 is 1.85 bits per heavy atom. The van der Waals surface area contributed by atoms with Crippen LogP contribution in [0.15, 0.2) is 42.7 Å². The Hall–Kier alpha value is -2.12. The molecule has 0 saturated carbocycles. The van der Waals surface area contributed by atoms with E-state index in [4.69, 9.17) is 11.6 Å². The van der Waals surface area contributed by atoms with Crippen LogP contribution < -0.4 is 4.31 Å². The Labute approximate surface area is 159 Å². The van der Waals surface area contributed by atoms with Crippen LogP contribution in [0.3, 0.4) is 0 Å². The molecule has 0 saturated heterocycles. The van der Waals surface area contributed by atoms with Crippen molar-refractivity contribution < 1.29 is 13.2 Å². The van der Waals surface area contributed by atoms with Gasteiger partial charge in [0.05, 0.1) is 11.9 Å². The van der Waals surface area contributed by atoms with Gasteiger partial charge in [-0.15, -0.1) is 0 Å². The van der Waals surface area contributed by atoms with Gasteiger partial charge in [-0.25, -0.2) is 8.42 Å². The first-order valence-electron chi connectivity index (χ1n) is 8.06. The van der Waals surface area contributed by atoms with Crippen LogP contribution >= 0.6 is 11.6 Å². The van der Waals surface area contributed by atoms with E-state index >= 15 is 0 Å². The lowest BCUT2D eigenvalue weighted by atomic mass is 10.2. The first-order chi connectivity index (χ1) is 12.2. The van der Waals surface area contributed by atoms with Gasteiger partial charge in [0.25, 0.3) is 0 Å². The van der Waals surface area contributed by atoms with E-state index in [9.17, 15) is 13.2 Å². The Bertz CT molecular complexity index is 873. The number of rotatable bonds is 7. The second-order valence-electron chi connectivity index (χ2n) is 6.07. The Morgan fingerprint density at radius 3 is 2.46 bits per heavy atom. The molecule has 1 heterocycles. The monoisotopic (exact) mass is 395 g/mol. The molecule has 1 amide bonds. The molecule has 6 nitrogen and oxygen atoms in total. The highest BCUT2D eigenvalue weighted by Crippen LogP contribution is 2.28. The van der Waals surface area contributed by atoms with Crippen LogP contribution in [0.25, 0.3) is 0 Å². The van der Waals surface area contributed by atoms with Crippen molar-refractivity contribution in [2.24, 2.45) is 0 Å². The third-order valence-electron chi connectivity index (χ3n) is 4.10. The molecule has 0 atom stereocenters. The minimum atomic E-state index is -3.63. The summed E-state index contributed by atoms with van der Waals surface area (Å²) in [5, 5.41) is 0.453. The summed E-state index contributed by atoms with van der Waals surface area (Å²) in [6.45, 7) is 1.94. The molecular weight excluding hydrogens is 374 g/mol. The second kappa shape index (κ2) is 8.51. The summed E-state index contributed by atoms with van der Waals surface area (Å²) in [7, 11) is -1.97. The van der Waals surface area contributed by atoms with E-state index in [0.29, 0.717) is 29.2 Å². The van der Waals surface area contributed by atoms with Crippen molar-refractivity contribution in [2.75, 3.05) is 30.7 Å². The number of anilines is 1. The summed E-state index contributed by atoms with van der Waals surface area (Å²) in [5.41, 5.74) is 2.09. The number of sulfonamides is 1. The molecule has 0 N–H and O–H groups in total. The van der Waals surface area contributed by atoms with E-state index in [1.807, 2.05) is 12.1 Å². The van der Waals surface area contributed by atoms with Crippen LogP contribution in [0, 0.1) is 6.92 Å². The Kier molecular flexibility index (Phi) is 6.61. The van der Waals surface area contributed by atoms with E-state index < -0.39 is 10.0 Å². The van der Waals surface area contributed by atoms with Gasteiger partial charge in [-0.1, -0.05) is 17.7 Å². The number of likely N-dealkylation sites (N-methyl/N-ethyl adjacent to an activating group) is 1. The molecule has 0 aliphatic carbocycles. The predicted octanol–water partition coefficient (Wildman–Crippen LogP) is 2.51. The van der Waals surface area contributed by atoms with E-state index in [2.05, 4.69) is 4.98 Å². The molecule has 0 aliphatic rings. The van der Waals surface area contributed by atoms with Crippen molar-refractivity contribution >= 4 is 33.2 Å². The van der Waals surface area contributed by atoms with Crippen molar-refractivity contribution in [3.8, 4) is 0 Å². The molecule has 0 fully saturated rings. The van der Waals surface area contributed by atoms with Crippen LogP contribution in [0.1, 0.15) is 11.1 Å². The maximum absolute atomic E-state index is 12.6. The molecule has 2 rings (SSSR count). The van der Waals surface area contributed by atoms with Gasteiger partial charge in [0.15, 0.2) is 0 Å². The molecule has 0 radical (unpaired) electrons. The molecule has 2 aromatic rings. The lowest BCUT2D eigenvalue weighted by molar-refractivity contribution is -0.128. The zero-order chi connectivity index (χ0) is 19.3.